The summed E-state index contributed by atoms with van der Waals surface area (Å²) in [5.41, 5.74) is 4.90. The zero-order chi connectivity index (χ0) is 24.6. The molecule has 0 spiro atoms. The predicted molar refractivity (Wildman–Crippen MR) is 143 cm³/mol. The number of thioether (sulfide) groups is 1. The highest BCUT2D eigenvalue weighted by molar-refractivity contribution is 8.00. The Kier molecular flexibility index (Phi) is 5.99. The first-order valence-electron chi connectivity index (χ1n) is 11.7. The van der Waals surface area contributed by atoms with Crippen molar-refractivity contribution >= 4 is 46.0 Å². The molecule has 0 saturated carbocycles. The van der Waals surface area contributed by atoms with Crippen LogP contribution >= 0.6 is 23.4 Å². The molecule has 5 aromatic rings. The second-order valence-corrected chi connectivity index (χ2v) is 10.4. The van der Waals surface area contributed by atoms with Crippen molar-refractivity contribution in [1.82, 2.24) is 24.3 Å². The van der Waals surface area contributed by atoms with E-state index in [1.54, 1.807) is 6.33 Å². The fourth-order valence-corrected chi connectivity index (χ4v) is 5.80. The Bertz CT molecular complexity index is 1580. The van der Waals surface area contributed by atoms with Crippen LogP contribution in [-0.4, -0.2) is 42.0 Å². The summed E-state index contributed by atoms with van der Waals surface area (Å²) in [4.78, 5) is 19.8. The van der Waals surface area contributed by atoms with E-state index < -0.39 is 0 Å². The number of benzene rings is 3. The van der Waals surface area contributed by atoms with Crippen molar-refractivity contribution < 1.29 is 4.79 Å². The van der Waals surface area contributed by atoms with Gasteiger partial charge in [0.05, 0.1) is 39.9 Å². The Morgan fingerprint density at radius 2 is 1.75 bits per heavy atom. The lowest BCUT2D eigenvalue weighted by atomic mass is 10.2. The van der Waals surface area contributed by atoms with Gasteiger partial charge in [-0.25, -0.2) is 4.98 Å². The Balaban J connectivity index is 1.34. The molecule has 1 atom stereocenters. The summed E-state index contributed by atoms with van der Waals surface area (Å²) in [6.45, 7) is 3.07. The number of anilines is 1. The maximum atomic E-state index is 13.4. The number of rotatable bonds is 6. The molecule has 9 heteroatoms. The summed E-state index contributed by atoms with van der Waals surface area (Å²) in [5.74, 6) is 0.765. The monoisotopic (exact) mass is 514 g/mol. The Hall–Kier alpha value is -3.62. The molecule has 0 fully saturated rings. The lowest BCUT2D eigenvalue weighted by molar-refractivity contribution is -0.117. The zero-order valence-electron chi connectivity index (χ0n) is 19.6. The number of hydrogen-bond acceptors (Lipinski definition) is 5. The van der Waals surface area contributed by atoms with Crippen molar-refractivity contribution in [2.75, 3.05) is 11.4 Å². The third-order valence-electron chi connectivity index (χ3n) is 6.42. The van der Waals surface area contributed by atoms with Crippen LogP contribution in [0.2, 0.25) is 5.02 Å². The molecule has 0 saturated heterocycles. The summed E-state index contributed by atoms with van der Waals surface area (Å²) in [5, 5.41) is 9.87. The predicted octanol–water partition coefficient (Wildman–Crippen LogP) is 5.39. The van der Waals surface area contributed by atoms with Crippen molar-refractivity contribution in [1.29, 1.82) is 0 Å². The zero-order valence-corrected chi connectivity index (χ0v) is 21.2. The molecule has 1 aliphatic heterocycles. The summed E-state index contributed by atoms with van der Waals surface area (Å²) < 4.78 is 3.99. The van der Waals surface area contributed by atoms with Gasteiger partial charge in [-0.2, -0.15) is 0 Å². The van der Waals surface area contributed by atoms with Gasteiger partial charge in [-0.1, -0.05) is 65.8 Å². The molecule has 0 unspecified atom stereocenters. The molecule has 36 heavy (non-hydrogen) atoms. The maximum absolute atomic E-state index is 13.4. The number of carbonyl (C=O) groups excluding carboxylic acids is 1. The van der Waals surface area contributed by atoms with E-state index in [2.05, 4.69) is 21.2 Å². The minimum Gasteiger partial charge on any atom is -0.323 e. The highest BCUT2D eigenvalue weighted by Gasteiger charge is 2.30. The van der Waals surface area contributed by atoms with Crippen LogP contribution in [0.4, 0.5) is 5.69 Å². The number of carbonyl (C=O) groups is 1. The van der Waals surface area contributed by atoms with E-state index in [0.29, 0.717) is 29.1 Å². The summed E-state index contributed by atoms with van der Waals surface area (Å²) >= 11 is 8.01. The second-order valence-electron chi connectivity index (χ2n) is 8.68. The van der Waals surface area contributed by atoms with E-state index in [0.717, 1.165) is 28.8 Å². The van der Waals surface area contributed by atoms with Gasteiger partial charge in [0.25, 0.3) is 0 Å². The van der Waals surface area contributed by atoms with Crippen LogP contribution in [-0.2, 0) is 17.8 Å². The van der Waals surface area contributed by atoms with Crippen molar-refractivity contribution in [2.24, 2.45) is 0 Å². The smallest absolute Gasteiger partial charge is 0.240 e. The van der Waals surface area contributed by atoms with Crippen LogP contribution in [0.3, 0.4) is 0 Å². The number of hydrogen-bond donors (Lipinski definition) is 0. The van der Waals surface area contributed by atoms with Gasteiger partial charge < -0.3 is 9.47 Å². The normalized spacial score (nSPS) is 13.8. The molecule has 7 nitrogen and oxygen atoms in total. The van der Waals surface area contributed by atoms with Gasteiger partial charge in [0, 0.05) is 12.2 Å². The van der Waals surface area contributed by atoms with E-state index in [4.69, 9.17) is 11.6 Å². The van der Waals surface area contributed by atoms with Gasteiger partial charge in [0.15, 0.2) is 11.0 Å². The van der Waals surface area contributed by atoms with Crippen LogP contribution < -0.4 is 4.90 Å². The summed E-state index contributed by atoms with van der Waals surface area (Å²) in [7, 11) is 0. The maximum Gasteiger partial charge on any atom is 0.240 e. The first kappa shape index (κ1) is 22.8. The van der Waals surface area contributed by atoms with Crippen LogP contribution in [0.5, 0.6) is 0 Å². The van der Waals surface area contributed by atoms with Crippen molar-refractivity contribution in [2.45, 2.75) is 30.3 Å². The minimum absolute atomic E-state index is 0.0563. The average molecular weight is 515 g/mol. The largest absolute Gasteiger partial charge is 0.323 e. The van der Waals surface area contributed by atoms with E-state index in [1.807, 2.05) is 87.7 Å². The quantitative estimate of drug-likeness (QED) is 0.284. The molecule has 0 aliphatic carbocycles. The first-order valence-corrected chi connectivity index (χ1v) is 13.0. The van der Waals surface area contributed by atoms with E-state index in [-0.39, 0.29) is 11.2 Å². The molecule has 6 rings (SSSR count). The molecule has 2 aromatic heterocycles. The van der Waals surface area contributed by atoms with Gasteiger partial charge in [-0.05, 0) is 49.2 Å². The SMILES string of the molecule is C[C@H](Sc1nnc(Cn2cnc3ccccc32)n1-c1ccccc1Cl)C(=O)N1CCc2ccccc21. The topological polar surface area (TPSA) is 68.8 Å². The Labute approximate surface area is 217 Å². The highest BCUT2D eigenvalue weighted by Crippen LogP contribution is 2.33. The molecule has 0 N–H and O–H groups in total. The standard InChI is InChI=1S/C27H23ClN6OS/c1-18(26(35)33-15-14-19-8-2-5-11-22(19)33)36-27-31-30-25(34(27)23-12-6-3-9-20(23)28)16-32-17-29-21-10-4-7-13-24(21)32/h2-13,17-18H,14-16H2,1H3/t18-/m0/s1. The molecule has 0 radical (unpaired) electrons. The molecular weight excluding hydrogens is 492 g/mol. The third kappa shape index (κ3) is 4.06. The fraction of sp³-hybridized carbons (Fsp3) is 0.185. The minimum atomic E-state index is -0.358. The second kappa shape index (κ2) is 9.44. The van der Waals surface area contributed by atoms with E-state index in [1.165, 1.54) is 17.3 Å². The van der Waals surface area contributed by atoms with Crippen LogP contribution in [0.15, 0.2) is 84.3 Å². The van der Waals surface area contributed by atoms with Crippen molar-refractivity contribution in [3.8, 4) is 5.69 Å². The highest BCUT2D eigenvalue weighted by atomic mass is 35.5. The molecule has 3 aromatic carbocycles. The molecule has 0 bridgehead atoms. The third-order valence-corrected chi connectivity index (χ3v) is 7.77. The van der Waals surface area contributed by atoms with Gasteiger partial charge in [0.2, 0.25) is 5.91 Å². The molecular formula is C27H23ClN6OS. The van der Waals surface area contributed by atoms with Gasteiger partial charge in [-0.3, -0.25) is 9.36 Å². The number of imidazole rings is 1. The molecule has 1 amide bonds. The lowest BCUT2D eigenvalue weighted by Crippen LogP contribution is -2.35. The fourth-order valence-electron chi connectivity index (χ4n) is 4.64. The Morgan fingerprint density at radius 3 is 2.61 bits per heavy atom. The van der Waals surface area contributed by atoms with Crippen LogP contribution in [0.25, 0.3) is 16.7 Å². The number of fused-ring (bicyclic) bond motifs is 2. The number of aromatic nitrogens is 5. The van der Waals surface area contributed by atoms with Crippen LogP contribution in [0.1, 0.15) is 18.3 Å². The number of amides is 1. The van der Waals surface area contributed by atoms with E-state index in [9.17, 15) is 4.79 Å². The molecule has 3 heterocycles. The number of nitrogens with zero attached hydrogens (tertiary/aromatic N) is 6. The average Bonchev–Trinajstić information content (AvgIpc) is 3.62. The summed E-state index contributed by atoms with van der Waals surface area (Å²) in [6, 6.07) is 23.7. The lowest BCUT2D eigenvalue weighted by Gasteiger charge is -2.21. The summed E-state index contributed by atoms with van der Waals surface area (Å²) in [6.07, 6.45) is 2.68. The van der Waals surface area contributed by atoms with Gasteiger partial charge in [0.1, 0.15) is 0 Å². The van der Waals surface area contributed by atoms with Crippen molar-refractivity contribution in [3.63, 3.8) is 0 Å². The van der Waals surface area contributed by atoms with Gasteiger partial charge >= 0.3 is 0 Å². The van der Waals surface area contributed by atoms with Crippen LogP contribution in [0, 0.1) is 0 Å². The van der Waals surface area contributed by atoms with E-state index >= 15 is 0 Å². The number of halogens is 1. The molecule has 180 valence electrons. The Morgan fingerprint density at radius 1 is 1.00 bits per heavy atom. The van der Waals surface area contributed by atoms with Gasteiger partial charge in [-0.15, -0.1) is 10.2 Å². The first-order chi connectivity index (χ1) is 17.6. The number of para-hydroxylation sites is 4. The van der Waals surface area contributed by atoms with Crippen molar-refractivity contribution in [3.05, 3.63) is 95.5 Å². The molecule has 1 aliphatic rings.